The Kier molecular flexibility index (Phi) is 8.78. The molecular weight excluding hydrogens is 452 g/mol. The summed E-state index contributed by atoms with van der Waals surface area (Å²) in [5.74, 6) is 0.959. The number of nitrogens with one attached hydrogen (secondary N) is 2. The number of fused-ring (bicyclic) bond motifs is 1. The lowest BCUT2D eigenvalue weighted by Gasteiger charge is -2.33. The Morgan fingerprint density at radius 1 is 1.08 bits per heavy atom. The molecule has 0 aliphatic carbocycles. The Morgan fingerprint density at radius 3 is 2.53 bits per heavy atom. The maximum Gasteiger partial charge on any atom is 0.251 e. The molecule has 7 nitrogen and oxygen atoms in total. The van der Waals surface area contributed by atoms with Crippen LogP contribution >= 0.6 is 0 Å². The zero-order chi connectivity index (χ0) is 25.5. The third kappa shape index (κ3) is 6.15. The molecular formula is C29H38N4O3. The molecule has 2 N–H and O–H groups in total. The number of ether oxygens (including phenoxy) is 1. The molecule has 2 aromatic carbocycles. The van der Waals surface area contributed by atoms with E-state index in [1.165, 1.54) is 11.6 Å². The fourth-order valence-corrected chi connectivity index (χ4v) is 5.09. The largest absolute Gasteiger partial charge is 0.497 e. The highest BCUT2D eigenvalue weighted by Gasteiger charge is 2.20. The van der Waals surface area contributed by atoms with Crippen LogP contribution in [0.5, 0.6) is 5.75 Å². The lowest BCUT2D eigenvalue weighted by Crippen LogP contribution is -2.44. The summed E-state index contributed by atoms with van der Waals surface area (Å²) >= 11 is 0. The Bertz CT molecular complexity index is 1220. The first kappa shape index (κ1) is 25.9. The fourth-order valence-electron chi connectivity index (χ4n) is 5.09. The van der Waals surface area contributed by atoms with Gasteiger partial charge in [-0.2, -0.15) is 0 Å². The summed E-state index contributed by atoms with van der Waals surface area (Å²) in [6.45, 7) is 6.71. The molecule has 3 aromatic rings. The molecule has 1 saturated heterocycles. The number of hydrogen-bond acceptors (Lipinski definition) is 5. The third-order valence-corrected chi connectivity index (χ3v) is 7.40. The highest BCUT2D eigenvalue weighted by molar-refractivity contribution is 6.06. The van der Waals surface area contributed by atoms with Gasteiger partial charge in [0.2, 0.25) is 0 Å². The highest BCUT2D eigenvalue weighted by Crippen LogP contribution is 2.23. The summed E-state index contributed by atoms with van der Waals surface area (Å²) in [7, 11) is 3.18. The van der Waals surface area contributed by atoms with E-state index in [2.05, 4.69) is 52.8 Å². The topological polar surface area (TPSA) is 75.6 Å². The number of hydrogen-bond donors (Lipinski definition) is 2. The van der Waals surface area contributed by atoms with Crippen LogP contribution in [-0.2, 0) is 6.54 Å². The first-order valence-electron chi connectivity index (χ1n) is 12.9. The molecule has 192 valence electrons. The number of nitrogens with zero attached hydrogens (tertiary/aromatic N) is 2. The SMILES string of the molecule is CNC(=O)c1cc(=O)n(CCN2CCC(NCCC(C)c3ccccc3)CC2)c2cc(OC)ccc12. The number of amides is 1. The van der Waals surface area contributed by atoms with E-state index < -0.39 is 0 Å². The fraction of sp³-hybridized carbons (Fsp3) is 0.448. The van der Waals surface area contributed by atoms with Crippen molar-refractivity contribution in [2.45, 2.75) is 44.7 Å². The highest BCUT2D eigenvalue weighted by atomic mass is 16.5. The summed E-state index contributed by atoms with van der Waals surface area (Å²) in [5, 5.41) is 7.14. The zero-order valence-electron chi connectivity index (χ0n) is 21.6. The lowest BCUT2D eigenvalue weighted by atomic mass is 9.97. The summed E-state index contributed by atoms with van der Waals surface area (Å²) in [5.41, 5.74) is 2.35. The number of rotatable bonds is 10. The van der Waals surface area contributed by atoms with Crippen molar-refractivity contribution in [3.8, 4) is 5.75 Å². The second kappa shape index (κ2) is 12.2. The van der Waals surface area contributed by atoms with Gasteiger partial charge in [-0.1, -0.05) is 37.3 Å². The van der Waals surface area contributed by atoms with E-state index in [0.29, 0.717) is 29.8 Å². The monoisotopic (exact) mass is 490 g/mol. The van der Waals surface area contributed by atoms with E-state index in [-0.39, 0.29) is 11.5 Å². The van der Waals surface area contributed by atoms with Crippen LogP contribution < -0.4 is 20.9 Å². The van der Waals surface area contributed by atoms with E-state index in [9.17, 15) is 9.59 Å². The van der Waals surface area contributed by atoms with Crippen LogP contribution in [0, 0.1) is 0 Å². The molecule has 1 aromatic heterocycles. The Morgan fingerprint density at radius 2 is 1.83 bits per heavy atom. The molecule has 0 radical (unpaired) electrons. The van der Waals surface area contributed by atoms with Crippen molar-refractivity contribution < 1.29 is 9.53 Å². The van der Waals surface area contributed by atoms with Crippen molar-refractivity contribution in [2.75, 3.05) is 40.3 Å². The van der Waals surface area contributed by atoms with Crippen LogP contribution in [0.4, 0.5) is 0 Å². The molecule has 0 spiro atoms. The van der Waals surface area contributed by atoms with Crippen LogP contribution in [0.3, 0.4) is 0 Å². The van der Waals surface area contributed by atoms with Crippen LogP contribution in [0.2, 0.25) is 0 Å². The van der Waals surface area contributed by atoms with E-state index >= 15 is 0 Å². The van der Waals surface area contributed by atoms with Crippen LogP contribution in [0.1, 0.15) is 48.0 Å². The van der Waals surface area contributed by atoms with Gasteiger partial charge in [-0.3, -0.25) is 9.59 Å². The average Bonchev–Trinajstić information content (AvgIpc) is 2.92. The molecule has 7 heteroatoms. The standard InChI is InChI=1S/C29H38N4O3/c1-21(22-7-5-4-6-8-22)11-14-31-23-12-15-32(16-13-23)17-18-33-27-19-24(36-3)9-10-25(27)26(20-28(33)34)29(35)30-2/h4-10,19-21,23,31H,11-18H2,1-3H3,(H,30,35). The molecule has 1 aliphatic heterocycles. The van der Waals surface area contributed by atoms with Crippen molar-refractivity contribution in [3.05, 3.63) is 76.1 Å². The molecule has 0 bridgehead atoms. The maximum atomic E-state index is 13.0. The summed E-state index contributed by atoms with van der Waals surface area (Å²) in [6.07, 6.45) is 3.35. The number of likely N-dealkylation sites (tertiary alicyclic amines) is 1. The van der Waals surface area contributed by atoms with E-state index in [1.807, 2.05) is 18.2 Å². The number of piperidine rings is 1. The average molecular weight is 491 g/mol. The van der Waals surface area contributed by atoms with E-state index in [1.54, 1.807) is 18.7 Å². The minimum Gasteiger partial charge on any atom is -0.497 e. The quantitative estimate of drug-likeness (QED) is 0.454. The predicted octanol–water partition coefficient (Wildman–Crippen LogP) is 3.62. The van der Waals surface area contributed by atoms with Crippen LogP contribution in [0.15, 0.2) is 59.4 Å². The molecule has 1 unspecified atom stereocenters. The molecule has 1 atom stereocenters. The van der Waals surface area contributed by atoms with Gasteiger partial charge in [0.1, 0.15) is 5.75 Å². The molecule has 2 heterocycles. The van der Waals surface area contributed by atoms with Crippen molar-refractivity contribution in [3.63, 3.8) is 0 Å². The number of methoxy groups -OCH3 is 1. The van der Waals surface area contributed by atoms with Crippen molar-refractivity contribution in [1.29, 1.82) is 0 Å². The van der Waals surface area contributed by atoms with Crippen molar-refractivity contribution in [2.24, 2.45) is 0 Å². The molecule has 1 fully saturated rings. The van der Waals surface area contributed by atoms with Crippen LogP contribution in [0.25, 0.3) is 10.9 Å². The number of carbonyl (C=O) groups is 1. The second-order valence-electron chi connectivity index (χ2n) is 9.68. The van der Waals surface area contributed by atoms with Gasteiger partial charge >= 0.3 is 0 Å². The summed E-state index contributed by atoms with van der Waals surface area (Å²) < 4.78 is 7.15. The van der Waals surface area contributed by atoms with Gasteiger partial charge in [-0.25, -0.2) is 0 Å². The molecule has 36 heavy (non-hydrogen) atoms. The van der Waals surface area contributed by atoms with E-state index in [4.69, 9.17) is 4.74 Å². The second-order valence-corrected chi connectivity index (χ2v) is 9.68. The minimum atomic E-state index is -0.262. The molecule has 0 saturated carbocycles. The van der Waals surface area contributed by atoms with Gasteiger partial charge in [0, 0.05) is 43.7 Å². The zero-order valence-corrected chi connectivity index (χ0v) is 21.6. The normalized spacial score (nSPS) is 15.6. The molecule has 1 aliphatic rings. The number of pyridine rings is 1. The Hall–Kier alpha value is -3.16. The number of aromatic nitrogens is 1. The van der Waals surface area contributed by atoms with E-state index in [0.717, 1.165) is 56.3 Å². The van der Waals surface area contributed by atoms with Gasteiger partial charge in [0.05, 0.1) is 18.2 Å². The number of benzene rings is 2. The van der Waals surface area contributed by atoms with Gasteiger partial charge < -0.3 is 24.8 Å². The van der Waals surface area contributed by atoms with Gasteiger partial charge in [0.15, 0.2) is 0 Å². The van der Waals surface area contributed by atoms with Crippen LogP contribution in [-0.4, -0.2) is 61.8 Å². The third-order valence-electron chi connectivity index (χ3n) is 7.40. The van der Waals surface area contributed by atoms with Gasteiger partial charge in [-0.05, 0) is 62.5 Å². The maximum absolute atomic E-state index is 13.0. The first-order chi connectivity index (χ1) is 17.5. The number of carbonyl (C=O) groups excluding carboxylic acids is 1. The first-order valence-corrected chi connectivity index (χ1v) is 12.9. The Balaban J connectivity index is 1.33. The molecule has 1 amide bonds. The Labute approximate surface area is 213 Å². The summed E-state index contributed by atoms with van der Waals surface area (Å²) in [4.78, 5) is 27.8. The summed E-state index contributed by atoms with van der Waals surface area (Å²) in [6, 6.07) is 18.2. The predicted molar refractivity (Wildman–Crippen MR) is 145 cm³/mol. The lowest BCUT2D eigenvalue weighted by molar-refractivity contribution is 0.0964. The van der Waals surface area contributed by atoms with Gasteiger partial charge in [0.25, 0.3) is 11.5 Å². The molecule has 4 rings (SSSR count). The smallest absolute Gasteiger partial charge is 0.251 e. The minimum absolute atomic E-state index is 0.168. The van der Waals surface area contributed by atoms with Crippen molar-refractivity contribution in [1.82, 2.24) is 20.1 Å². The van der Waals surface area contributed by atoms with Crippen molar-refractivity contribution >= 4 is 16.8 Å². The van der Waals surface area contributed by atoms with Gasteiger partial charge in [-0.15, -0.1) is 0 Å².